The molecule has 1 aliphatic heterocycles. The molecular formula is C19H30N4O2. The van der Waals surface area contributed by atoms with E-state index in [1.807, 2.05) is 26.0 Å². The normalized spacial score (nSPS) is 16.0. The van der Waals surface area contributed by atoms with Crippen LogP contribution in [0.3, 0.4) is 0 Å². The molecule has 2 rings (SSSR count). The third kappa shape index (κ3) is 6.14. The van der Waals surface area contributed by atoms with Crippen molar-refractivity contribution in [1.82, 2.24) is 15.5 Å². The molecule has 0 aromatic heterocycles. The highest BCUT2D eigenvalue weighted by Gasteiger charge is 2.16. The van der Waals surface area contributed by atoms with Gasteiger partial charge in [-0.2, -0.15) is 0 Å². The predicted octanol–water partition coefficient (Wildman–Crippen LogP) is 1.11. The maximum atomic E-state index is 12.1. The lowest BCUT2D eigenvalue weighted by atomic mass is 10.0. The molecule has 1 aromatic rings. The van der Waals surface area contributed by atoms with E-state index >= 15 is 0 Å². The lowest BCUT2D eigenvalue weighted by Gasteiger charge is -2.15. The van der Waals surface area contributed by atoms with Crippen molar-refractivity contribution in [3.05, 3.63) is 35.4 Å². The van der Waals surface area contributed by atoms with Crippen LogP contribution < -0.4 is 16.4 Å². The first-order valence-corrected chi connectivity index (χ1v) is 9.10. The quantitative estimate of drug-likeness (QED) is 0.658. The summed E-state index contributed by atoms with van der Waals surface area (Å²) in [4.78, 5) is 26.4. The fraction of sp³-hybridized carbons (Fsp3) is 0.579. The first-order chi connectivity index (χ1) is 12.0. The van der Waals surface area contributed by atoms with Gasteiger partial charge in [-0.15, -0.1) is 0 Å². The molecule has 0 spiro atoms. The molecule has 1 saturated heterocycles. The highest BCUT2D eigenvalue weighted by molar-refractivity contribution is 5.94. The topological polar surface area (TPSA) is 87.5 Å². The fourth-order valence-electron chi connectivity index (χ4n) is 2.82. The minimum atomic E-state index is -0.499. The van der Waals surface area contributed by atoms with Crippen LogP contribution >= 0.6 is 0 Å². The Morgan fingerprint density at radius 3 is 2.36 bits per heavy atom. The van der Waals surface area contributed by atoms with E-state index in [2.05, 4.69) is 15.5 Å². The second-order valence-corrected chi connectivity index (χ2v) is 6.99. The molecule has 0 unspecified atom stereocenters. The largest absolute Gasteiger partial charge is 0.351 e. The third-order valence-corrected chi connectivity index (χ3v) is 4.62. The molecule has 1 atom stereocenters. The Balaban J connectivity index is 1.74. The number of hydrogen-bond donors (Lipinski definition) is 3. The molecule has 1 aromatic carbocycles. The summed E-state index contributed by atoms with van der Waals surface area (Å²) in [5.74, 6) is -0.109. The molecule has 0 bridgehead atoms. The number of likely N-dealkylation sites (tertiary alicyclic amines) is 1. The minimum absolute atomic E-state index is 0.0587. The van der Waals surface area contributed by atoms with Crippen LogP contribution in [0.2, 0.25) is 0 Å². The molecule has 6 nitrogen and oxygen atoms in total. The van der Waals surface area contributed by atoms with Crippen LogP contribution in [0.1, 0.15) is 42.6 Å². The van der Waals surface area contributed by atoms with Crippen molar-refractivity contribution in [2.24, 2.45) is 11.7 Å². The summed E-state index contributed by atoms with van der Waals surface area (Å²) in [5, 5.41) is 5.78. The number of nitrogens with zero attached hydrogens (tertiary/aromatic N) is 1. The van der Waals surface area contributed by atoms with Gasteiger partial charge in [0.05, 0.1) is 6.04 Å². The van der Waals surface area contributed by atoms with Crippen molar-refractivity contribution in [2.45, 2.75) is 39.3 Å². The van der Waals surface area contributed by atoms with Crippen LogP contribution in [-0.4, -0.2) is 48.9 Å². The summed E-state index contributed by atoms with van der Waals surface area (Å²) in [7, 11) is 0. The van der Waals surface area contributed by atoms with E-state index in [0.717, 1.165) is 25.2 Å². The van der Waals surface area contributed by atoms with Crippen molar-refractivity contribution in [1.29, 1.82) is 0 Å². The minimum Gasteiger partial charge on any atom is -0.351 e. The molecule has 6 heteroatoms. The number of carbonyl (C=O) groups is 2. The van der Waals surface area contributed by atoms with Crippen molar-refractivity contribution < 1.29 is 9.59 Å². The highest BCUT2D eigenvalue weighted by Crippen LogP contribution is 2.07. The molecule has 0 aliphatic carbocycles. The Bertz CT molecular complexity index is 565. The van der Waals surface area contributed by atoms with E-state index in [9.17, 15) is 9.59 Å². The van der Waals surface area contributed by atoms with Gasteiger partial charge in [-0.1, -0.05) is 26.0 Å². The second kappa shape index (κ2) is 9.53. The Kier molecular flexibility index (Phi) is 7.40. The Labute approximate surface area is 150 Å². The van der Waals surface area contributed by atoms with Crippen LogP contribution in [0.5, 0.6) is 0 Å². The number of carbonyl (C=O) groups excluding carboxylic acids is 2. The first kappa shape index (κ1) is 19.4. The number of hydrogen-bond acceptors (Lipinski definition) is 4. The zero-order valence-electron chi connectivity index (χ0n) is 15.3. The second-order valence-electron chi connectivity index (χ2n) is 6.99. The SMILES string of the molecule is CC(C)[C@H](N)C(=O)NCc1ccc(C(=O)NCCN2CCCC2)cc1. The number of amides is 2. The zero-order chi connectivity index (χ0) is 18.2. The van der Waals surface area contributed by atoms with Crippen molar-refractivity contribution in [3.63, 3.8) is 0 Å². The average Bonchev–Trinajstić information content (AvgIpc) is 3.12. The molecule has 1 fully saturated rings. The van der Waals surface area contributed by atoms with Gasteiger partial charge in [0, 0.05) is 25.2 Å². The van der Waals surface area contributed by atoms with Gasteiger partial charge in [0.25, 0.3) is 5.91 Å². The smallest absolute Gasteiger partial charge is 0.251 e. The Hall–Kier alpha value is -1.92. The number of benzene rings is 1. The Morgan fingerprint density at radius 1 is 1.12 bits per heavy atom. The van der Waals surface area contributed by atoms with Gasteiger partial charge >= 0.3 is 0 Å². The Morgan fingerprint density at radius 2 is 1.76 bits per heavy atom. The van der Waals surface area contributed by atoms with Gasteiger partial charge < -0.3 is 21.3 Å². The maximum Gasteiger partial charge on any atom is 0.251 e. The molecule has 0 saturated carbocycles. The molecule has 1 aliphatic rings. The van der Waals surface area contributed by atoms with Crippen molar-refractivity contribution in [2.75, 3.05) is 26.2 Å². The summed E-state index contributed by atoms with van der Waals surface area (Å²) in [5.41, 5.74) is 7.39. The van der Waals surface area contributed by atoms with Crippen LogP contribution in [0.25, 0.3) is 0 Å². The average molecular weight is 346 g/mol. The van der Waals surface area contributed by atoms with E-state index in [4.69, 9.17) is 5.73 Å². The zero-order valence-corrected chi connectivity index (χ0v) is 15.3. The predicted molar refractivity (Wildman–Crippen MR) is 99.1 cm³/mol. The summed E-state index contributed by atoms with van der Waals surface area (Å²) in [6, 6.07) is 6.79. The standard InChI is InChI=1S/C19H30N4O2/c1-14(2)17(20)19(25)22-13-15-5-7-16(8-6-15)18(24)21-9-12-23-10-3-4-11-23/h5-8,14,17H,3-4,9-13,20H2,1-2H3,(H,21,24)(H,22,25)/t17-/m0/s1. The summed E-state index contributed by atoms with van der Waals surface area (Å²) < 4.78 is 0. The molecule has 0 radical (unpaired) electrons. The molecular weight excluding hydrogens is 316 g/mol. The van der Waals surface area contributed by atoms with E-state index in [1.54, 1.807) is 12.1 Å². The molecule has 138 valence electrons. The van der Waals surface area contributed by atoms with E-state index in [-0.39, 0.29) is 17.7 Å². The highest BCUT2D eigenvalue weighted by atomic mass is 16.2. The summed E-state index contributed by atoms with van der Waals surface area (Å²) in [6.45, 7) is 8.10. The summed E-state index contributed by atoms with van der Waals surface area (Å²) >= 11 is 0. The van der Waals surface area contributed by atoms with E-state index < -0.39 is 6.04 Å². The monoisotopic (exact) mass is 346 g/mol. The summed E-state index contributed by atoms with van der Waals surface area (Å²) in [6.07, 6.45) is 2.52. The third-order valence-electron chi connectivity index (χ3n) is 4.62. The van der Waals surface area contributed by atoms with Gasteiger partial charge in [0.2, 0.25) is 5.91 Å². The van der Waals surface area contributed by atoms with Crippen LogP contribution in [0, 0.1) is 5.92 Å². The molecule has 1 heterocycles. The van der Waals surface area contributed by atoms with Crippen LogP contribution in [-0.2, 0) is 11.3 Å². The number of rotatable bonds is 8. The van der Waals surface area contributed by atoms with Gasteiger partial charge in [-0.3, -0.25) is 9.59 Å². The van der Waals surface area contributed by atoms with Crippen LogP contribution in [0.15, 0.2) is 24.3 Å². The molecule has 4 N–H and O–H groups in total. The van der Waals surface area contributed by atoms with E-state index in [1.165, 1.54) is 12.8 Å². The van der Waals surface area contributed by atoms with Crippen molar-refractivity contribution >= 4 is 11.8 Å². The lowest BCUT2D eigenvalue weighted by molar-refractivity contribution is -0.123. The fourth-order valence-corrected chi connectivity index (χ4v) is 2.82. The molecule has 2 amide bonds. The lowest BCUT2D eigenvalue weighted by Crippen LogP contribution is -2.43. The van der Waals surface area contributed by atoms with Crippen molar-refractivity contribution in [3.8, 4) is 0 Å². The number of nitrogens with two attached hydrogens (primary N) is 1. The molecule has 25 heavy (non-hydrogen) atoms. The van der Waals surface area contributed by atoms with Gasteiger partial charge in [-0.25, -0.2) is 0 Å². The van der Waals surface area contributed by atoms with Crippen LogP contribution in [0.4, 0.5) is 0 Å². The van der Waals surface area contributed by atoms with Gasteiger partial charge in [-0.05, 0) is 49.5 Å². The van der Waals surface area contributed by atoms with Gasteiger partial charge in [0.1, 0.15) is 0 Å². The number of nitrogens with one attached hydrogen (secondary N) is 2. The first-order valence-electron chi connectivity index (χ1n) is 9.10. The van der Waals surface area contributed by atoms with E-state index in [0.29, 0.717) is 18.7 Å². The van der Waals surface area contributed by atoms with Gasteiger partial charge in [0.15, 0.2) is 0 Å². The maximum absolute atomic E-state index is 12.1.